The van der Waals surface area contributed by atoms with E-state index in [1.54, 1.807) is 0 Å². The van der Waals surface area contributed by atoms with E-state index in [0.29, 0.717) is 5.92 Å². The van der Waals surface area contributed by atoms with Crippen molar-refractivity contribution in [2.24, 2.45) is 0 Å². The van der Waals surface area contributed by atoms with Gasteiger partial charge in [-0.2, -0.15) is 0 Å². The molecule has 0 saturated heterocycles. The van der Waals surface area contributed by atoms with Crippen LogP contribution in [0.4, 0.5) is 11.4 Å². The monoisotopic (exact) mass is 475 g/mol. The summed E-state index contributed by atoms with van der Waals surface area (Å²) in [6, 6.07) is 28.9. The Bertz CT molecular complexity index is 1220. The smallest absolute Gasteiger partial charge is 0.0458 e. The highest BCUT2D eigenvalue weighted by Crippen LogP contribution is 2.38. The average molecular weight is 476 g/mol. The summed E-state index contributed by atoms with van der Waals surface area (Å²) >= 11 is 0. The van der Waals surface area contributed by atoms with Gasteiger partial charge >= 0.3 is 0 Å². The highest BCUT2D eigenvalue weighted by atomic mass is 15.1. The summed E-state index contributed by atoms with van der Waals surface area (Å²) in [5.41, 5.74) is 10.4. The van der Waals surface area contributed by atoms with Gasteiger partial charge in [0.25, 0.3) is 0 Å². The first-order valence-electron chi connectivity index (χ1n) is 13.5. The lowest BCUT2D eigenvalue weighted by molar-refractivity contribution is 0.506. The molecular formula is C35H41N. The maximum absolute atomic E-state index is 4.40. The van der Waals surface area contributed by atoms with Gasteiger partial charge in [-0.3, -0.25) is 0 Å². The number of hydrogen-bond donors (Lipinski definition) is 0. The lowest BCUT2D eigenvalue weighted by Crippen LogP contribution is -2.19. The highest BCUT2D eigenvalue weighted by molar-refractivity contribution is 5.79. The maximum Gasteiger partial charge on any atom is 0.0458 e. The van der Waals surface area contributed by atoms with Crippen LogP contribution in [0.2, 0.25) is 0 Å². The van der Waals surface area contributed by atoms with Crippen molar-refractivity contribution >= 4 is 16.9 Å². The van der Waals surface area contributed by atoms with Crippen LogP contribution in [0, 0.1) is 0 Å². The molecule has 1 nitrogen and oxygen atoms in total. The Kier molecular flexibility index (Phi) is 7.99. The van der Waals surface area contributed by atoms with E-state index in [9.17, 15) is 0 Å². The Balaban J connectivity index is 1.70. The number of hydrogen-bond acceptors (Lipinski definition) is 1. The third-order valence-electron chi connectivity index (χ3n) is 8.05. The normalized spacial score (nSPS) is 14.6. The van der Waals surface area contributed by atoms with Gasteiger partial charge in [0, 0.05) is 17.1 Å². The first-order valence-corrected chi connectivity index (χ1v) is 13.5. The third kappa shape index (κ3) is 5.57. The number of nitrogens with zero attached hydrogens (tertiary/aromatic N) is 1. The molecule has 0 fully saturated rings. The van der Waals surface area contributed by atoms with Crippen LogP contribution in [0.25, 0.3) is 5.57 Å². The summed E-state index contributed by atoms with van der Waals surface area (Å²) in [6.07, 6.45) is 8.80. The van der Waals surface area contributed by atoms with Crippen LogP contribution in [0.1, 0.15) is 82.9 Å². The second-order valence-corrected chi connectivity index (χ2v) is 10.7. The van der Waals surface area contributed by atoms with Crippen molar-refractivity contribution in [3.63, 3.8) is 0 Å². The van der Waals surface area contributed by atoms with Crippen LogP contribution < -0.4 is 4.90 Å². The van der Waals surface area contributed by atoms with E-state index >= 15 is 0 Å². The standard InChI is InChI=1S/C35H41N/c1-7-26(3)28-14-20-32(21-15-28)36(34-24-18-31(19-25-34)35(5,6)8-2)33-22-16-30(17-23-33)27(4)29-12-10-9-11-13-29/h9-16,18-22,24-26H,4,7-8,17,23H2,1-3,5-6H3. The van der Waals surface area contributed by atoms with Gasteiger partial charge in [-0.1, -0.05) is 102 Å². The SMILES string of the molecule is C=C(C1=CC=C(N(c2ccc(C(C)CC)cc2)c2ccc(C(C)(C)CC)cc2)CC1)c1ccccc1. The summed E-state index contributed by atoms with van der Waals surface area (Å²) in [6.45, 7) is 15.9. The minimum atomic E-state index is 0.181. The van der Waals surface area contributed by atoms with Crippen molar-refractivity contribution in [2.45, 2.75) is 71.6 Å². The molecule has 36 heavy (non-hydrogen) atoms. The molecular weight excluding hydrogens is 434 g/mol. The number of rotatable bonds is 9. The molecule has 0 spiro atoms. The summed E-state index contributed by atoms with van der Waals surface area (Å²) in [5.74, 6) is 0.575. The number of allylic oxidation sites excluding steroid dienone is 5. The van der Waals surface area contributed by atoms with Crippen molar-refractivity contribution in [1.29, 1.82) is 0 Å². The Morgan fingerprint density at radius 1 is 0.833 bits per heavy atom. The third-order valence-corrected chi connectivity index (χ3v) is 8.05. The zero-order valence-electron chi connectivity index (χ0n) is 22.7. The number of benzene rings is 3. The quantitative estimate of drug-likeness (QED) is 0.297. The molecule has 1 atom stereocenters. The molecule has 4 rings (SSSR count). The lowest BCUT2D eigenvalue weighted by Gasteiger charge is -2.31. The van der Waals surface area contributed by atoms with Crippen molar-refractivity contribution in [1.82, 2.24) is 0 Å². The van der Waals surface area contributed by atoms with Gasteiger partial charge < -0.3 is 4.90 Å². The predicted octanol–water partition coefficient (Wildman–Crippen LogP) is 10.3. The van der Waals surface area contributed by atoms with E-state index in [1.807, 2.05) is 0 Å². The second kappa shape index (κ2) is 11.2. The lowest BCUT2D eigenvalue weighted by atomic mass is 9.82. The van der Waals surface area contributed by atoms with E-state index in [1.165, 1.54) is 39.3 Å². The van der Waals surface area contributed by atoms with Crippen LogP contribution in [0.5, 0.6) is 0 Å². The fraction of sp³-hybridized carbons (Fsp3) is 0.314. The van der Waals surface area contributed by atoms with E-state index in [4.69, 9.17) is 0 Å². The van der Waals surface area contributed by atoms with Gasteiger partial charge in [-0.15, -0.1) is 0 Å². The fourth-order valence-electron chi connectivity index (χ4n) is 4.82. The molecule has 0 bridgehead atoms. The number of anilines is 2. The van der Waals surface area contributed by atoms with Crippen molar-refractivity contribution < 1.29 is 0 Å². The molecule has 0 aromatic heterocycles. The van der Waals surface area contributed by atoms with Gasteiger partial charge in [-0.05, 0) is 95.2 Å². The largest absolute Gasteiger partial charge is 0.314 e. The first-order chi connectivity index (χ1) is 17.3. The van der Waals surface area contributed by atoms with Gasteiger partial charge in [0.1, 0.15) is 0 Å². The minimum Gasteiger partial charge on any atom is -0.314 e. The first kappa shape index (κ1) is 25.8. The Morgan fingerprint density at radius 3 is 1.97 bits per heavy atom. The van der Waals surface area contributed by atoms with E-state index in [2.05, 4.69) is 137 Å². The van der Waals surface area contributed by atoms with Crippen LogP contribution in [0.3, 0.4) is 0 Å². The summed E-state index contributed by atoms with van der Waals surface area (Å²) in [4.78, 5) is 2.43. The Labute approximate surface area is 218 Å². The fourth-order valence-corrected chi connectivity index (χ4v) is 4.82. The average Bonchev–Trinajstić information content (AvgIpc) is 2.94. The highest BCUT2D eigenvalue weighted by Gasteiger charge is 2.21. The molecule has 1 heteroatoms. The van der Waals surface area contributed by atoms with Crippen LogP contribution >= 0.6 is 0 Å². The Hall–Kier alpha value is -3.32. The van der Waals surface area contributed by atoms with Crippen molar-refractivity contribution in [3.05, 3.63) is 126 Å². The summed E-state index contributed by atoms with van der Waals surface area (Å²) in [5, 5.41) is 0. The molecule has 0 radical (unpaired) electrons. The molecule has 0 aliphatic heterocycles. The van der Waals surface area contributed by atoms with Gasteiger partial charge in [0.05, 0.1) is 0 Å². The van der Waals surface area contributed by atoms with Crippen molar-refractivity contribution in [3.8, 4) is 0 Å². The Morgan fingerprint density at radius 2 is 1.44 bits per heavy atom. The molecule has 3 aromatic carbocycles. The van der Waals surface area contributed by atoms with Gasteiger partial charge in [0.15, 0.2) is 0 Å². The van der Waals surface area contributed by atoms with E-state index in [0.717, 1.165) is 31.3 Å². The molecule has 1 unspecified atom stereocenters. The topological polar surface area (TPSA) is 3.24 Å². The van der Waals surface area contributed by atoms with Gasteiger partial charge in [-0.25, -0.2) is 0 Å². The van der Waals surface area contributed by atoms with Crippen LogP contribution in [0.15, 0.2) is 109 Å². The zero-order chi connectivity index (χ0) is 25.7. The zero-order valence-corrected chi connectivity index (χ0v) is 22.7. The second-order valence-electron chi connectivity index (χ2n) is 10.7. The molecule has 186 valence electrons. The molecule has 0 amide bonds. The van der Waals surface area contributed by atoms with Crippen LogP contribution in [-0.2, 0) is 5.41 Å². The van der Waals surface area contributed by atoms with Gasteiger partial charge in [0.2, 0.25) is 0 Å². The summed E-state index contributed by atoms with van der Waals surface area (Å²) in [7, 11) is 0. The predicted molar refractivity (Wildman–Crippen MR) is 158 cm³/mol. The molecule has 3 aromatic rings. The molecule has 1 aliphatic rings. The molecule has 0 saturated carbocycles. The molecule has 0 N–H and O–H groups in total. The minimum absolute atomic E-state index is 0.181. The van der Waals surface area contributed by atoms with Crippen molar-refractivity contribution in [2.75, 3.05) is 4.90 Å². The molecule has 1 aliphatic carbocycles. The van der Waals surface area contributed by atoms with E-state index in [-0.39, 0.29) is 5.41 Å². The summed E-state index contributed by atoms with van der Waals surface area (Å²) < 4.78 is 0. The van der Waals surface area contributed by atoms with E-state index < -0.39 is 0 Å². The van der Waals surface area contributed by atoms with Crippen LogP contribution in [-0.4, -0.2) is 0 Å². The maximum atomic E-state index is 4.40. The molecule has 0 heterocycles.